The van der Waals surface area contributed by atoms with Crippen LogP contribution in [0.1, 0.15) is 25.7 Å². The Balaban J connectivity index is 1.84. The molecule has 0 spiro atoms. The van der Waals surface area contributed by atoms with E-state index in [1.807, 2.05) is 0 Å². The van der Waals surface area contributed by atoms with Crippen molar-refractivity contribution in [2.24, 2.45) is 16.0 Å². The van der Waals surface area contributed by atoms with Crippen molar-refractivity contribution in [3.63, 3.8) is 0 Å². The molecule has 0 aromatic heterocycles. The Morgan fingerprint density at radius 2 is 1.93 bits per heavy atom. The number of rotatable bonds is 2. The van der Waals surface area contributed by atoms with Gasteiger partial charge in [0.15, 0.2) is 0 Å². The second kappa shape index (κ2) is 6.06. The van der Waals surface area contributed by atoms with Gasteiger partial charge >= 0.3 is 6.18 Å². The molecular weight excluding hydrogens is 388 g/mol. The van der Waals surface area contributed by atoms with E-state index in [1.54, 1.807) is 0 Å². The number of piperidine rings is 1. The highest BCUT2D eigenvalue weighted by molar-refractivity contribution is 7.90. The van der Waals surface area contributed by atoms with Crippen molar-refractivity contribution < 1.29 is 26.0 Å². The van der Waals surface area contributed by atoms with Crippen LogP contribution >= 0.6 is 0 Å². The molecule has 1 saturated heterocycles. The molecule has 4 rings (SSSR count). The van der Waals surface area contributed by atoms with E-state index in [-0.39, 0.29) is 42.5 Å². The van der Waals surface area contributed by atoms with Crippen LogP contribution in [-0.2, 0) is 10.0 Å². The molecule has 2 aliphatic heterocycles. The summed E-state index contributed by atoms with van der Waals surface area (Å²) in [7, 11) is -4.19. The number of benzene rings is 1. The van der Waals surface area contributed by atoms with E-state index in [1.165, 1.54) is 0 Å². The van der Waals surface area contributed by atoms with E-state index in [9.17, 15) is 26.0 Å². The van der Waals surface area contributed by atoms with Crippen LogP contribution in [-0.4, -0.2) is 39.1 Å². The lowest BCUT2D eigenvalue weighted by Gasteiger charge is -2.42. The van der Waals surface area contributed by atoms with Crippen molar-refractivity contribution in [2.45, 2.75) is 48.8 Å². The minimum atomic E-state index is -4.59. The van der Waals surface area contributed by atoms with Crippen LogP contribution in [0.3, 0.4) is 0 Å². The number of anilines is 2. The number of amidine groups is 1. The second-order valence-corrected chi connectivity index (χ2v) is 8.76. The molecule has 1 aliphatic carbocycles. The van der Waals surface area contributed by atoms with Crippen LogP contribution in [0.4, 0.5) is 28.9 Å². The summed E-state index contributed by atoms with van der Waals surface area (Å²) >= 11 is 0. The number of hydrogen-bond acceptors (Lipinski definition) is 5. The maximum atomic E-state index is 14.1. The topological polar surface area (TPSA) is 87.8 Å². The van der Waals surface area contributed by atoms with Crippen molar-refractivity contribution in [3.8, 4) is 0 Å². The molecule has 11 heteroatoms. The van der Waals surface area contributed by atoms with Crippen LogP contribution in [0.5, 0.6) is 0 Å². The Bertz CT molecular complexity index is 912. The SMILES string of the molecule is N[C@H]1CCN(c2cc(F)cc3c2NC(C2CC2)=NS3(=O)=O)[C@@H](C(F)(F)F)C1. The molecule has 1 saturated carbocycles. The predicted molar refractivity (Wildman–Crippen MR) is 91.8 cm³/mol. The molecule has 0 unspecified atom stereocenters. The monoisotopic (exact) mass is 406 g/mol. The van der Waals surface area contributed by atoms with Crippen LogP contribution in [0.25, 0.3) is 0 Å². The van der Waals surface area contributed by atoms with E-state index < -0.39 is 39.0 Å². The molecule has 148 valence electrons. The van der Waals surface area contributed by atoms with Crippen LogP contribution in [0.15, 0.2) is 21.4 Å². The molecule has 0 amide bonds. The lowest BCUT2D eigenvalue weighted by molar-refractivity contribution is -0.153. The fourth-order valence-corrected chi connectivity index (χ4v) is 4.80. The number of hydrogen-bond donors (Lipinski definition) is 2. The number of sulfonamides is 1. The summed E-state index contributed by atoms with van der Waals surface area (Å²) < 4.78 is 83.6. The zero-order valence-electron chi connectivity index (χ0n) is 14.1. The van der Waals surface area contributed by atoms with E-state index in [0.29, 0.717) is 0 Å². The molecule has 2 fully saturated rings. The van der Waals surface area contributed by atoms with Gasteiger partial charge in [-0.15, -0.1) is 4.40 Å². The Morgan fingerprint density at radius 1 is 1.22 bits per heavy atom. The highest BCUT2D eigenvalue weighted by Gasteiger charge is 2.48. The Morgan fingerprint density at radius 3 is 2.56 bits per heavy atom. The molecule has 2 atom stereocenters. The maximum absolute atomic E-state index is 14.1. The quantitative estimate of drug-likeness (QED) is 0.738. The average molecular weight is 406 g/mol. The van der Waals surface area contributed by atoms with Gasteiger partial charge in [-0.2, -0.15) is 21.6 Å². The number of halogens is 4. The van der Waals surface area contributed by atoms with Gasteiger partial charge in [0, 0.05) is 18.5 Å². The first-order valence-corrected chi connectivity index (χ1v) is 10.0. The van der Waals surface area contributed by atoms with Crippen LogP contribution in [0.2, 0.25) is 0 Å². The van der Waals surface area contributed by atoms with Gasteiger partial charge in [0.25, 0.3) is 10.0 Å². The maximum Gasteiger partial charge on any atom is 0.408 e. The average Bonchev–Trinajstić information content (AvgIpc) is 3.38. The standard InChI is InChI=1S/C16H18F4N4O2S/c17-9-5-11(24-4-3-10(21)7-13(24)16(18,19)20)14-12(6-9)27(25,26)23-15(22-14)8-1-2-8/h5-6,8,10,13H,1-4,7,21H2,(H,22,23)/t10-,13+/m0/s1. The summed E-state index contributed by atoms with van der Waals surface area (Å²) in [5.74, 6) is -0.804. The third-order valence-corrected chi connectivity index (χ3v) is 6.40. The van der Waals surface area contributed by atoms with Gasteiger partial charge in [0.2, 0.25) is 0 Å². The van der Waals surface area contributed by atoms with E-state index in [4.69, 9.17) is 5.73 Å². The fourth-order valence-electron chi connectivity index (χ4n) is 3.58. The highest BCUT2D eigenvalue weighted by atomic mass is 32.2. The summed E-state index contributed by atoms with van der Waals surface area (Å²) in [4.78, 5) is 0.557. The lowest BCUT2D eigenvalue weighted by atomic mass is 9.96. The molecule has 3 aliphatic rings. The number of fused-ring (bicyclic) bond motifs is 1. The van der Waals surface area contributed by atoms with Gasteiger partial charge in [0.05, 0.1) is 11.4 Å². The Hall–Kier alpha value is -1.88. The minimum absolute atomic E-state index is 0.0435. The fraction of sp³-hybridized carbons (Fsp3) is 0.562. The summed E-state index contributed by atoms with van der Waals surface area (Å²) in [5.41, 5.74) is 5.54. The van der Waals surface area contributed by atoms with Crippen molar-refractivity contribution in [1.29, 1.82) is 0 Å². The lowest BCUT2D eigenvalue weighted by Crippen LogP contribution is -2.54. The number of alkyl halides is 3. The minimum Gasteiger partial charge on any atom is -0.358 e. The summed E-state index contributed by atoms with van der Waals surface area (Å²) in [6, 6.07) is -0.822. The Labute approximate surface area is 153 Å². The summed E-state index contributed by atoms with van der Waals surface area (Å²) in [6.07, 6.45) is -3.15. The van der Waals surface area contributed by atoms with E-state index >= 15 is 0 Å². The zero-order valence-corrected chi connectivity index (χ0v) is 14.9. The van der Waals surface area contributed by atoms with Crippen molar-refractivity contribution in [3.05, 3.63) is 17.9 Å². The molecule has 3 N–H and O–H groups in total. The van der Waals surface area contributed by atoms with E-state index in [2.05, 4.69) is 9.71 Å². The smallest absolute Gasteiger partial charge is 0.358 e. The zero-order chi connectivity index (χ0) is 19.6. The van der Waals surface area contributed by atoms with Gasteiger partial charge in [0.1, 0.15) is 22.6 Å². The van der Waals surface area contributed by atoms with Gasteiger partial charge in [-0.1, -0.05) is 0 Å². The van der Waals surface area contributed by atoms with Gasteiger partial charge in [-0.25, -0.2) is 4.39 Å². The van der Waals surface area contributed by atoms with Crippen LogP contribution < -0.4 is 16.0 Å². The summed E-state index contributed by atoms with van der Waals surface area (Å²) in [5, 5.41) is 2.85. The molecule has 1 aromatic carbocycles. The van der Waals surface area contributed by atoms with Gasteiger partial charge < -0.3 is 16.0 Å². The molecule has 2 heterocycles. The molecule has 27 heavy (non-hydrogen) atoms. The van der Waals surface area contributed by atoms with Gasteiger partial charge in [-0.3, -0.25) is 0 Å². The largest absolute Gasteiger partial charge is 0.408 e. The third-order valence-electron chi connectivity index (χ3n) is 5.09. The molecular formula is C16H18F4N4O2S. The van der Waals surface area contributed by atoms with Crippen molar-refractivity contribution in [2.75, 3.05) is 16.8 Å². The third kappa shape index (κ3) is 3.38. The first-order valence-electron chi connectivity index (χ1n) is 8.60. The molecule has 6 nitrogen and oxygen atoms in total. The van der Waals surface area contributed by atoms with Crippen molar-refractivity contribution in [1.82, 2.24) is 0 Å². The van der Waals surface area contributed by atoms with Crippen LogP contribution in [0, 0.1) is 11.7 Å². The molecule has 0 radical (unpaired) electrons. The summed E-state index contributed by atoms with van der Waals surface area (Å²) in [6.45, 7) is -0.0567. The first-order chi connectivity index (χ1) is 12.6. The highest BCUT2D eigenvalue weighted by Crippen LogP contribution is 2.44. The van der Waals surface area contributed by atoms with E-state index in [0.717, 1.165) is 29.9 Å². The van der Waals surface area contributed by atoms with Crippen molar-refractivity contribution >= 4 is 27.2 Å². The number of nitrogens with zero attached hydrogens (tertiary/aromatic N) is 2. The predicted octanol–water partition coefficient (Wildman–Crippen LogP) is 2.61. The van der Waals surface area contributed by atoms with Gasteiger partial charge in [-0.05, 0) is 37.8 Å². The second-order valence-electron chi connectivity index (χ2n) is 7.18. The number of nitrogens with two attached hydrogens (primary N) is 1. The molecule has 1 aromatic rings. The number of nitrogens with one attached hydrogen (secondary N) is 1. The Kier molecular flexibility index (Phi) is 4.15. The molecule has 0 bridgehead atoms. The first kappa shape index (κ1) is 18.5. The normalized spacial score (nSPS) is 27.6.